The molecule has 8 heteroatoms. The average Bonchev–Trinajstić information content (AvgIpc) is 2.37. The van der Waals surface area contributed by atoms with Crippen molar-refractivity contribution in [1.29, 1.82) is 5.26 Å². The Kier molecular flexibility index (Phi) is 4.81. The molecule has 108 valence electrons. The predicted molar refractivity (Wildman–Crippen MR) is 73.1 cm³/mol. The van der Waals surface area contributed by atoms with Gasteiger partial charge in [-0.25, -0.2) is 13.1 Å². The molecule has 0 saturated heterocycles. The molecule has 0 saturated carbocycles. The van der Waals surface area contributed by atoms with Crippen LogP contribution >= 0.6 is 0 Å². The van der Waals surface area contributed by atoms with E-state index < -0.39 is 20.4 Å². The molecule has 1 aromatic rings. The molecule has 0 radical (unpaired) electrons. The van der Waals surface area contributed by atoms with Crippen molar-refractivity contribution in [3.8, 4) is 6.07 Å². The summed E-state index contributed by atoms with van der Waals surface area (Å²) in [5.41, 5.74) is -0.440. The zero-order valence-corrected chi connectivity index (χ0v) is 12.0. The van der Waals surface area contributed by atoms with Crippen LogP contribution in [-0.2, 0) is 15.8 Å². The largest absolute Gasteiger partial charge is 0.269 e. The van der Waals surface area contributed by atoms with Crippen molar-refractivity contribution < 1.29 is 13.3 Å². The third-order valence-corrected chi connectivity index (χ3v) is 3.84. The van der Waals surface area contributed by atoms with E-state index in [4.69, 9.17) is 5.26 Å². The van der Waals surface area contributed by atoms with Gasteiger partial charge in [0.2, 0.25) is 10.0 Å². The molecule has 0 aliphatic carbocycles. The van der Waals surface area contributed by atoms with Gasteiger partial charge in [0, 0.05) is 18.7 Å². The van der Waals surface area contributed by atoms with Crippen LogP contribution in [0.15, 0.2) is 24.3 Å². The molecule has 0 unspecified atom stereocenters. The summed E-state index contributed by atoms with van der Waals surface area (Å²) in [5.74, 6) is -0.285. The van der Waals surface area contributed by atoms with Crippen molar-refractivity contribution in [3.05, 3.63) is 39.9 Å². The summed E-state index contributed by atoms with van der Waals surface area (Å²) in [5, 5.41) is 19.3. The summed E-state index contributed by atoms with van der Waals surface area (Å²) in [6.45, 7) is 3.27. The van der Waals surface area contributed by atoms with Crippen molar-refractivity contribution in [2.45, 2.75) is 19.6 Å². The summed E-state index contributed by atoms with van der Waals surface area (Å²) in [7, 11) is -3.58. The van der Waals surface area contributed by atoms with E-state index in [-0.39, 0.29) is 18.0 Å². The minimum absolute atomic E-state index is 0.0127. The van der Waals surface area contributed by atoms with Crippen molar-refractivity contribution >= 4 is 15.7 Å². The molecule has 0 amide bonds. The van der Waals surface area contributed by atoms with Crippen LogP contribution in [0.3, 0.4) is 0 Å². The minimum Gasteiger partial charge on any atom is -0.258 e. The first-order valence-corrected chi connectivity index (χ1v) is 7.42. The summed E-state index contributed by atoms with van der Waals surface area (Å²) in [6, 6.07) is 7.30. The van der Waals surface area contributed by atoms with E-state index in [0.29, 0.717) is 5.56 Å². The summed E-state index contributed by atoms with van der Waals surface area (Å²) >= 11 is 0. The van der Waals surface area contributed by atoms with Gasteiger partial charge in [-0.1, -0.05) is 12.1 Å². The number of nitro benzene ring substituents is 1. The highest BCUT2D eigenvalue weighted by Crippen LogP contribution is 2.15. The monoisotopic (exact) mass is 297 g/mol. The van der Waals surface area contributed by atoms with Gasteiger partial charge in [0.25, 0.3) is 5.69 Å². The number of nitrogens with zero attached hydrogens (tertiary/aromatic N) is 2. The number of hydrogen-bond donors (Lipinski definition) is 1. The first-order valence-electron chi connectivity index (χ1n) is 5.77. The van der Waals surface area contributed by atoms with Crippen LogP contribution in [0.2, 0.25) is 0 Å². The number of nitro groups is 1. The normalized spacial score (nSPS) is 11.8. The van der Waals surface area contributed by atoms with Crippen molar-refractivity contribution in [3.63, 3.8) is 0 Å². The van der Waals surface area contributed by atoms with Crippen LogP contribution in [0.1, 0.15) is 19.4 Å². The third-order valence-electron chi connectivity index (χ3n) is 2.54. The van der Waals surface area contributed by atoms with E-state index in [1.165, 1.54) is 24.3 Å². The van der Waals surface area contributed by atoms with E-state index in [9.17, 15) is 18.5 Å². The molecule has 0 aliphatic rings. The quantitative estimate of drug-likeness (QED) is 0.632. The zero-order valence-electron chi connectivity index (χ0n) is 11.2. The molecule has 1 rings (SSSR count). The third kappa shape index (κ3) is 4.95. The van der Waals surface area contributed by atoms with Gasteiger partial charge < -0.3 is 0 Å². The van der Waals surface area contributed by atoms with Gasteiger partial charge in [0.15, 0.2) is 0 Å². The van der Waals surface area contributed by atoms with E-state index in [1.807, 2.05) is 6.07 Å². The molecule has 0 bridgehead atoms. The molecular formula is C12H15N3O4S. The number of non-ortho nitro benzene ring substituents is 1. The highest BCUT2D eigenvalue weighted by molar-refractivity contribution is 7.88. The Balaban J connectivity index is 2.72. The molecular weight excluding hydrogens is 282 g/mol. The lowest BCUT2D eigenvalue weighted by Crippen LogP contribution is -2.33. The number of rotatable bonds is 6. The first-order chi connectivity index (χ1) is 9.15. The van der Waals surface area contributed by atoms with Crippen molar-refractivity contribution in [2.75, 3.05) is 6.54 Å². The molecule has 20 heavy (non-hydrogen) atoms. The Morgan fingerprint density at radius 1 is 1.35 bits per heavy atom. The average molecular weight is 297 g/mol. The fourth-order valence-corrected chi connectivity index (χ4v) is 2.63. The van der Waals surface area contributed by atoms with Gasteiger partial charge in [-0.15, -0.1) is 0 Å². The Hall–Kier alpha value is -1.98. The van der Waals surface area contributed by atoms with Crippen LogP contribution in [-0.4, -0.2) is 19.9 Å². The Labute approximate surface area is 117 Å². The lowest BCUT2D eigenvalue weighted by molar-refractivity contribution is -0.384. The first kappa shape index (κ1) is 16.1. The van der Waals surface area contributed by atoms with E-state index >= 15 is 0 Å². The van der Waals surface area contributed by atoms with E-state index in [2.05, 4.69) is 4.72 Å². The SMILES string of the molecule is CC(C)(C#N)CNS(=O)(=O)Cc1ccc([N+](=O)[O-])cc1. The maximum Gasteiger partial charge on any atom is 0.269 e. The molecule has 1 N–H and O–H groups in total. The molecule has 1 aromatic carbocycles. The highest BCUT2D eigenvalue weighted by Gasteiger charge is 2.21. The number of sulfonamides is 1. The fourth-order valence-electron chi connectivity index (χ4n) is 1.31. The number of nitriles is 1. The van der Waals surface area contributed by atoms with Gasteiger partial charge in [-0.05, 0) is 19.4 Å². The maximum absolute atomic E-state index is 11.8. The van der Waals surface area contributed by atoms with Crippen LogP contribution < -0.4 is 4.72 Å². The molecule has 0 fully saturated rings. The molecule has 0 atom stereocenters. The number of nitrogens with one attached hydrogen (secondary N) is 1. The van der Waals surface area contributed by atoms with Crippen LogP contribution in [0, 0.1) is 26.9 Å². The van der Waals surface area contributed by atoms with Gasteiger partial charge in [0.05, 0.1) is 22.2 Å². The summed E-state index contributed by atoms with van der Waals surface area (Å²) in [6.07, 6.45) is 0. The standard InChI is InChI=1S/C12H15N3O4S/c1-12(2,8-13)9-14-20(18,19)7-10-3-5-11(6-4-10)15(16)17/h3-6,14H,7,9H2,1-2H3. The van der Waals surface area contributed by atoms with Crippen molar-refractivity contribution in [1.82, 2.24) is 4.72 Å². The Morgan fingerprint density at radius 3 is 2.35 bits per heavy atom. The van der Waals surface area contributed by atoms with Crippen LogP contribution in [0.5, 0.6) is 0 Å². The van der Waals surface area contributed by atoms with E-state index in [1.54, 1.807) is 13.8 Å². The lowest BCUT2D eigenvalue weighted by Gasteiger charge is -2.15. The Morgan fingerprint density at radius 2 is 1.90 bits per heavy atom. The maximum atomic E-state index is 11.8. The second-order valence-electron chi connectivity index (χ2n) is 5.00. The lowest BCUT2D eigenvalue weighted by atomic mass is 9.97. The second kappa shape index (κ2) is 5.98. The topological polar surface area (TPSA) is 113 Å². The van der Waals surface area contributed by atoms with Gasteiger partial charge >= 0.3 is 0 Å². The molecule has 7 nitrogen and oxygen atoms in total. The minimum atomic E-state index is -3.58. The number of hydrogen-bond acceptors (Lipinski definition) is 5. The molecule has 0 spiro atoms. The Bertz CT molecular complexity index is 630. The fraction of sp³-hybridized carbons (Fsp3) is 0.417. The predicted octanol–water partition coefficient (Wildman–Crippen LogP) is 1.56. The second-order valence-corrected chi connectivity index (χ2v) is 6.81. The zero-order chi connectivity index (χ0) is 15.4. The van der Waals surface area contributed by atoms with E-state index in [0.717, 1.165) is 0 Å². The summed E-state index contributed by atoms with van der Waals surface area (Å²) in [4.78, 5) is 9.94. The smallest absolute Gasteiger partial charge is 0.258 e. The molecule has 0 aromatic heterocycles. The highest BCUT2D eigenvalue weighted by atomic mass is 32.2. The van der Waals surface area contributed by atoms with Crippen LogP contribution in [0.25, 0.3) is 0 Å². The van der Waals surface area contributed by atoms with Gasteiger partial charge in [-0.3, -0.25) is 10.1 Å². The van der Waals surface area contributed by atoms with Crippen molar-refractivity contribution in [2.24, 2.45) is 5.41 Å². The van der Waals surface area contributed by atoms with Gasteiger partial charge in [0.1, 0.15) is 0 Å². The van der Waals surface area contributed by atoms with Crippen LogP contribution in [0.4, 0.5) is 5.69 Å². The molecule has 0 aliphatic heterocycles. The van der Waals surface area contributed by atoms with Gasteiger partial charge in [-0.2, -0.15) is 5.26 Å². The summed E-state index contributed by atoms with van der Waals surface area (Å²) < 4.78 is 26.0. The number of benzene rings is 1. The molecule has 0 heterocycles.